The van der Waals surface area contributed by atoms with Crippen LogP contribution >= 0.6 is 11.8 Å². The van der Waals surface area contributed by atoms with Crippen LogP contribution in [0.3, 0.4) is 0 Å². The number of ether oxygens (including phenoxy) is 1. The summed E-state index contributed by atoms with van der Waals surface area (Å²) >= 11 is 1.47. The van der Waals surface area contributed by atoms with E-state index in [0.29, 0.717) is 29.9 Å². The predicted molar refractivity (Wildman–Crippen MR) is 81.9 cm³/mol. The first-order chi connectivity index (χ1) is 11.2. The van der Waals surface area contributed by atoms with Gasteiger partial charge in [-0.05, 0) is 36.3 Å². The number of aliphatic carboxylic acids is 1. The van der Waals surface area contributed by atoms with Gasteiger partial charge in [0.15, 0.2) is 0 Å². The average molecular weight is 363 g/mol. The van der Waals surface area contributed by atoms with E-state index in [1.807, 2.05) is 0 Å². The van der Waals surface area contributed by atoms with Gasteiger partial charge in [-0.3, -0.25) is 4.79 Å². The van der Waals surface area contributed by atoms with Gasteiger partial charge in [0.1, 0.15) is 11.3 Å². The van der Waals surface area contributed by atoms with E-state index < -0.39 is 23.8 Å². The van der Waals surface area contributed by atoms with Crippen LogP contribution < -0.4 is 10.1 Å². The third-order valence-corrected chi connectivity index (χ3v) is 4.80. The lowest BCUT2D eigenvalue weighted by molar-refractivity contribution is -0.274. The zero-order valence-corrected chi connectivity index (χ0v) is 13.4. The van der Waals surface area contributed by atoms with Crippen LogP contribution in [0.15, 0.2) is 24.3 Å². The molecule has 1 amide bonds. The number of carboxylic acids is 1. The van der Waals surface area contributed by atoms with Crippen LogP contribution in [0.2, 0.25) is 0 Å². The van der Waals surface area contributed by atoms with Crippen LogP contribution in [0.25, 0.3) is 0 Å². The number of nitrogens with one attached hydrogen (secondary N) is 1. The molecule has 0 aliphatic carbocycles. The minimum absolute atomic E-state index is 0.0547. The van der Waals surface area contributed by atoms with Crippen LogP contribution in [0.5, 0.6) is 5.75 Å². The molecule has 2 N–H and O–H groups in total. The molecule has 1 aromatic carbocycles. The molecule has 1 aliphatic rings. The first-order valence-corrected chi connectivity index (χ1v) is 8.32. The fourth-order valence-electron chi connectivity index (χ4n) is 2.33. The molecule has 132 valence electrons. The molecule has 5 nitrogen and oxygen atoms in total. The highest BCUT2D eigenvalue weighted by molar-refractivity contribution is 7.99. The number of benzene rings is 1. The Labute approximate surface area is 140 Å². The summed E-state index contributed by atoms with van der Waals surface area (Å²) in [5.74, 6) is -0.765. The predicted octanol–water partition coefficient (Wildman–Crippen LogP) is 2.59. The number of rotatable bonds is 6. The zero-order chi connectivity index (χ0) is 17.8. The number of thioether (sulfide) groups is 1. The second-order valence-corrected chi connectivity index (χ2v) is 6.53. The molecule has 1 atom stereocenters. The van der Waals surface area contributed by atoms with Gasteiger partial charge in [-0.2, -0.15) is 11.8 Å². The second-order valence-electron chi connectivity index (χ2n) is 5.43. The van der Waals surface area contributed by atoms with Crippen molar-refractivity contribution in [3.8, 4) is 5.75 Å². The summed E-state index contributed by atoms with van der Waals surface area (Å²) in [6.07, 6.45) is -4.02. The fourth-order valence-corrected chi connectivity index (χ4v) is 3.66. The Hall–Kier alpha value is -1.90. The van der Waals surface area contributed by atoms with Crippen molar-refractivity contribution >= 4 is 23.6 Å². The van der Waals surface area contributed by atoms with Crippen molar-refractivity contribution < 1.29 is 32.6 Å². The topological polar surface area (TPSA) is 75.6 Å². The Kier molecular flexibility index (Phi) is 5.63. The first-order valence-electron chi connectivity index (χ1n) is 7.17. The minimum Gasteiger partial charge on any atom is -0.479 e. The van der Waals surface area contributed by atoms with Gasteiger partial charge in [0.2, 0.25) is 5.91 Å². The monoisotopic (exact) mass is 363 g/mol. The Morgan fingerprint density at radius 2 is 1.96 bits per heavy atom. The number of alkyl halides is 3. The van der Waals surface area contributed by atoms with E-state index in [9.17, 15) is 27.9 Å². The maximum absolute atomic E-state index is 12.1. The number of carbonyl (C=O) groups excluding carboxylic acids is 1. The highest BCUT2D eigenvalue weighted by Crippen LogP contribution is 2.28. The largest absolute Gasteiger partial charge is 0.573 e. The molecule has 1 heterocycles. The molecular weight excluding hydrogens is 347 g/mol. The number of hydrogen-bond donors (Lipinski definition) is 2. The van der Waals surface area contributed by atoms with Gasteiger partial charge in [0.25, 0.3) is 0 Å². The molecule has 1 unspecified atom stereocenters. The van der Waals surface area contributed by atoms with Crippen molar-refractivity contribution in [2.24, 2.45) is 0 Å². The molecule has 1 aliphatic heterocycles. The highest BCUT2D eigenvalue weighted by atomic mass is 32.2. The van der Waals surface area contributed by atoms with E-state index in [0.717, 1.165) is 0 Å². The second kappa shape index (κ2) is 7.33. The molecule has 9 heteroatoms. The van der Waals surface area contributed by atoms with Crippen molar-refractivity contribution in [1.29, 1.82) is 0 Å². The summed E-state index contributed by atoms with van der Waals surface area (Å²) in [6, 6.07) is 5.22. The van der Waals surface area contributed by atoms with E-state index in [4.69, 9.17) is 0 Å². The van der Waals surface area contributed by atoms with E-state index in [2.05, 4.69) is 10.1 Å². The molecule has 1 fully saturated rings. The van der Waals surface area contributed by atoms with E-state index in [-0.39, 0.29) is 12.2 Å². The standard InChI is InChI=1S/C15H16F3NO4S/c16-15(17,18)23-11-4-1-10(2-5-11)3-6-12(20)19-14(13(21)22)7-8-24-9-14/h1-2,4-5H,3,6-9H2,(H,19,20)(H,21,22). The van der Waals surface area contributed by atoms with Gasteiger partial charge in [0, 0.05) is 12.2 Å². The van der Waals surface area contributed by atoms with E-state index in [1.54, 1.807) is 0 Å². The van der Waals surface area contributed by atoms with E-state index in [1.165, 1.54) is 36.0 Å². The Bertz CT molecular complexity index is 598. The number of hydrogen-bond acceptors (Lipinski definition) is 4. The quantitative estimate of drug-likeness (QED) is 0.813. The average Bonchev–Trinajstić information content (AvgIpc) is 2.95. The number of aryl methyl sites for hydroxylation is 1. The van der Waals surface area contributed by atoms with Crippen molar-refractivity contribution in [1.82, 2.24) is 5.32 Å². The van der Waals surface area contributed by atoms with Crippen LogP contribution in [0, 0.1) is 0 Å². The summed E-state index contributed by atoms with van der Waals surface area (Å²) in [7, 11) is 0. The third-order valence-electron chi connectivity index (χ3n) is 3.61. The molecule has 2 rings (SSSR count). The molecule has 0 bridgehead atoms. The van der Waals surface area contributed by atoms with Gasteiger partial charge < -0.3 is 15.2 Å². The highest BCUT2D eigenvalue weighted by Gasteiger charge is 2.43. The normalized spacial score (nSPS) is 20.6. The molecule has 0 radical (unpaired) electrons. The van der Waals surface area contributed by atoms with Gasteiger partial charge in [-0.1, -0.05) is 12.1 Å². The van der Waals surface area contributed by atoms with Gasteiger partial charge in [-0.25, -0.2) is 4.79 Å². The fraction of sp³-hybridized carbons (Fsp3) is 0.467. The summed E-state index contributed by atoms with van der Waals surface area (Å²) in [5, 5.41) is 11.9. The summed E-state index contributed by atoms with van der Waals surface area (Å²) in [6.45, 7) is 0. The Morgan fingerprint density at radius 1 is 1.29 bits per heavy atom. The van der Waals surface area contributed by atoms with Crippen LogP contribution in [-0.2, 0) is 16.0 Å². The summed E-state index contributed by atoms with van der Waals surface area (Å²) in [4.78, 5) is 23.3. The summed E-state index contributed by atoms with van der Waals surface area (Å²) in [5.41, 5.74) is -0.559. The number of amides is 1. The van der Waals surface area contributed by atoms with Crippen LogP contribution in [0.1, 0.15) is 18.4 Å². The lowest BCUT2D eigenvalue weighted by atomic mass is 9.98. The lowest BCUT2D eigenvalue weighted by Crippen LogP contribution is -2.54. The van der Waals surface area contributed by atoms with Crippen LogP contribution in [-0.4, -0.2) is 40.4 Å². The smallest absolute Gasteiger partial charge is 0.479 e. The number of halogens is 3. The van der Waals surface area contributed by atoms with Crippen molar-refractivity contribution in [2.75, 3.05) is 11.5 Å². The van der Waals surface area contributed by atoms with Crippen molar-refractivity contribution in [3.63, 3.8) is 0 Å². The maximum Gasteiger partial charge on any atom is 0.573 e. The van der Waals surface area contributed by atoms with Crippen molar-refractivity contribution in [2.45, 2.75) is 31.2 Å². The molecule has 0 saturated carbocycles. The van der Waals surface area contributed by atoms with Crippen LogP contribution in [0.4, 0.5) is 13.2 Å². The van der Waals surface area contributed by atoms with Gasteiger partial charge in [-0.15, -0.1) is 13.2 Å². The Morgan fingerprint density at radius 3 is 2.46 bits per heavy atom. The van der Waals surface area contributed by atoms with Gasteiger partial charge in [0.05, 0.1) is 0 Å². The Balaban J connectivity index is 1.86. The molecule has 0 spiro atoms. The number of carbonyl (C=O) groups is 2. The minimum atomic E-state index is -4.74. The number of carboxylic acid groups (broad SMARTS) is 1. The van der Waals surface area contributed by atoms with Gasteiger partial charge >= 0.3 is 12.3 Å². The molecule has 1 saturated heterocycles. The first kappa shape index (κ1) is 18.4. The molecular formula is C15H16F3NO4S. The lowest BCUT2D eigenvalue weighted by Gasteiger charge is -2.24. The van der Waals surface area contributed by atoms with Crippen molar-refractivity contribution in [3.05, 3.63) is 29.8 Å². The molecule has 24 heavy (non-hydrogen) atoms. The zero-order valence-electron chi connectivity index (χ0n) is 12.6. The molecule has 0 aromatic heterocycles. The molecule has 1 aromatic rings. The SMILES string of the molecule is O=C(CCc1ccc(OC(F)(F)F)cc1)NC1(C(=O)O)CCSC1. The third kappa shape index (κ3) is 5.05. The maximum atomic E-state index is 12.1. The summed E-state index contributed by atoms with van der Waals surface area (Å²) < 4.78 is 40.0. The van der Waals surface area contributed by atoms with E-state index >= 15 is 0 Å².